The van der Waals surface area contributed by atoms with Crippen LogP contribution in [0.2, 0.25) is 0 Å². The van der Waals surface area contributed by atoms with E-state index >= 15 is 0 Å². The molecular formula is C12H14FNO2. The molecule has 0 aliphatic heterocycles. The Morgan fingerprint density at radius 1 is 1.38 bits per heavy atom. The smallest absolute Gasteiger partial charge is 0.211 e. The molecule has 86 valence electrons. The van der Waals surface area contributed by atoms with Crippen LogP contribution in [-0.4, -0.2) is 12.5 Å². The minimum absolute atomic E-state index is 0.129. The molecule has 0 unspecified atom stereocenters. The van der Waals surface area contributed by atoms with Gasteiger partial charge in [-0.25, -0.2) is 4.39 Å². The Morgan fingerprint density at radius 3 is 2.81 bits per heavy atom. The van der Waals surface area contributed by atoms with Gasteiger partial charge in [0.05, 0.1) is 6.10 Å². The third-order valence-corrected chi connectivity index (χ3v) is 2.77. The Balaban J connectivity index is 2.17. The van der Waals surface area contributed by atoms with Gasteiger partial charge in [0.1, 0.15) is 11.4 Å². The molecule has 1 amide bonds. The third kappa shape index (κ3) is 2.32. The fraction of sp³-hybridized carbons (Fsp3) is 0.417. The Bertz CT molecular complexity index is 375. The zero-order valence-electron chi connectivity index (χ0n) is 8.91. The van der Waals surface area contributed by atoms with Crippen LogP contribution >= 0.6 is 0 Å². The van der Waals surface area contributed by atoms with Crippen LogP contribution in [0.3, 0.4) is 0 Å². The molecule has 2 rings (SSSR count). The predicted octanol–water partition coefficient (Wildman–Crippen LogP) is 2.72. The van der Waals surface area contributed by atoms with Crippen molar-refractivity contribution in [3.8, 4) is 5.75 Å². The first kappa shape index (κ1) is 10.9. The van der Waals surface area contributed by atoms with Crippen molar-refractivity contribution in [2.24, 2.45) is 0 Å². The van der Waals surface area contributed by atoms with Crippen molar-refractivity contribution in [2.45, 2.75) is 31.8 Å². The van der Waals surface area contributed by atoms with E-state index < -0.39 is 5.82 Å². The van der Waals surface area contributed by atoms with Gasteiger partial charge in [0.2, 0.25) is 6.41 Å². The number of amides is 1. The van der Waals surface area contributed by atoms with E-state index in [0.717, 1.165) is 25.7 Å². The molecule has 1 aliphatic rings. The molecule has 1 aromatic carbocycles. The molecule has 16 heavy (non-hydrogen) atoms. The lowest BCUT2D eigenvalue weighted by molar-refractivity contribution is -0.105. The number of para-hydroxylation sites is 1. The molecule has 0 radical (unpaired) electrons. The van der Waals surface area contributed by atoms with Gasteiger partial charge in [-0.1, -0.05) is 6.07 Å². The lowest BCUT2D eigenvalue weighted by Gasteiger charge is -2.16. The van der Waals surface area contributed by atoms with Crippen molar-refractivity contribution in [1.29, 1.82) is 0 Å². The van der Waals surface area contributed by atoms with Crippen LogP contribution in [0.5, 0.6) is 5.75 Å². The molecule has 0 spiro atoms. The molecule has 1 aromatic rings. The molecule has 4 heteroatoms. The molecule has 1 aliphatic carbocycles. The van der Waals surface area contributed by atoms with Crippen LogP contribution in [0.25, 0.3) is 0 Å². The van der Waals surface area contributed by atoms with E-state index in [1.165, 1.54) is 6.07 Å². The van der Waals surface area contributed by atoms with Crippen molar-refractivity contribution in [2.75, 3.05) is 5.32 Å². The fourth-order valence-electron chi connectivity index (χ4n) is 1.99. The number of rotatable bonds is 4. The Labute approximate surface area is 93.6 Å². The van der Waals surface area contributed by atoms with Gasteiger partial charge < -0.3 is 10.1 Å². The average molecular weight is 223 g/mol. The van der Waals surface area contributed by atoms with Crippen LogP contribution in [-0.2, 0) is 4.79 Å². The molecule has 1 saturated carbocycles. The second-order valence-corrected chi connectivity index (χ2v) is 3.90. The maximum absolute atomic E-state index is 13.4. The maximum atomic E-state index is 13.4. The lowest BCUT2D eigenvalue weighted by atomic mass is 10.2. The number of hydrogen-bond acceptors (Lipinski definition) is 2. The highest BCUT2D eigenvalue weighted by Gasteiger charge is 2.19. The Kier molecular flexibility index (Phi) is 3.39. The van der Waals surface area contributed by atoms with Gasteiger partial charge >= 0.3 is 0 Å². The molecule has 1 N–H and O–H groups in total. The zero-order valence-corrected chi connectivity index (χ0v) is 8.91. The van der Waals surface area contributed by atoms with E-state index in [-0.39, 0.29) is 11.8 Å². The number of halogens is 1. The summed E-state index contributed by atoms with van der Waals surface area (Å²) in [7, 11) is 0. The maximum Gasteiger partial charge on any atom is 0.211 e. The number of carbonyl (C=O) groups is 1. The summed E-state index contributed by atoms with van der Waals surface area (Å²) in [6.07, 6.45) is 4.90. The van der Waals surface area contributed by atoms with E-state index in [0.29, 0.717) is 12.2 Å². The second kappa shape index (κ2) is 4.96. The summed E-state index contributed by atoms with van der Waals surface area (Å²) in [4.78, 5) is 10.4. The molecule has 0 saturated heterocycles. The van der Waals surface area contributed by atoms with E-state index in [1.54, 1.807) is 12.1 Å². The Hall–Kier alpha value is -1.58. The molecule has 0 heterocycles. The molecule has 0 bridgehead atoms. The number of benzene rings is 1. The first-order valence-corrected chi connectivity index (χ1v) is 5.46. The summed E-state index contributed by atoms with van der Waals surface area (Å²) < 4.78 is 19.1. The quantitative estimate of drug-likeness (QED) is 0.797. The standard InChI is InChI=1S/C12H14FNO2/c13-10-6-3-7-11(12(10)14-8-15)16-9-4-1-2-5-9/h3,6-9H,1-2,4-5H2,(H,14,15). The van der Waals surface area contributed by atoms with E-state index in [1.807, 2.05) is 0 Å². The summed E-state index contributed by atoms with van der Waals surface area (Å²) in [5.41, 5.74) is 0.129. The molecule has 3 nitrogen and oxygen atoms in total. The Morgan fingerprint density at radius 2 is 2.12 bits per heavy atom. The summed E-state index contributed by atoms with van der Waals surface area (Å²) in [5, 5.41) is 2.34. The number of ether oxygens (including phenoxy) is 1. The molecular weight excluding hydrogens is 209 g/mol. The van der Waals surface area contributed by atoms with Crippen LogP contribution in [0.4, 0.5) is 10.1 Å². The van der Waals surface area contributed by atoms with Gasteiger partial charge in [-0.05, 0) is 37.8 Å². The van der Waals surface area contributed by atoms with Gasteiger partial charge in [0.15, 0.2) is 5.82 Å². The van der Waals surface area contributed by atoms with E-state index in [9.17, 15) is 9.18 Å². The largest absolute Gasteiger partial charge is 0.488 e. The molecule has 1 fully saturated rings. The first-order chi connectivity index (χ1) is 7.81. The van der Waals surface area contributed by atoms with Gasteiger partial charge in [-0.15, -0.1) is 0 Å². The highest BCUT2D eigenvalue weighted by atomic mass is 19.1. The topological polar surface area (TPSA) is 38.3 Å². The minimum Gasteiger partial charge on any atom is -0.488 e. The monoisotopic (exact) mass is 223 g/mol. The summed E-state index contributed by atoms with van der Waals surface area (Å²) in [6.45, 7) is 0. The highest BCUT2D eigenvalue weighted by molar-refractivity contribution is 5.75. The summed E-state index contributed by atoms with van der Waals surface area (Å²) in [5.74, 6) is -0.0541. The van der Waals surface area contributed by atoms with Crippen molar-refractivity contribution < 1.29 is 13.9 Å². The predicted molar refractivity (Wildman–Crippen MR) is 59.0 cm³/mol. The van der Waals surface area contributed by atoms with Gasteiger partial charge in [0.25, 0.3) is 0 Å². The first-order valence-electron chi connectivity index (χ1n) is 5.46. The van der Waals surface area contributed by atoms with Crippen LogP contribution in [0.1, 0.15) is 25.7 Å². The number of carbonyl (C=O) groups excluding carboxylic acids is 1. The third-order valence-electron chi connectivity index (χ3n) is 2.77. The van der Waals surface area contributed by atoms with Crippen molar-refractivity contribution in [3.63, 3.8) is 0 Å². The van der Waals surface area contributed by atoms with Crippen molar-refractivity contribution in [1.82, 2.24) is 0 Å². The minimum atomic E-state index is -0.470. The van der Waals surface area contributed by atoms with Gasteiger partial charge in [-0.2, -0.15) is 0 Å². The summed E-state index contributed by atoms with van der Waals surface area (Å²) >= 11 is 0. The molecule has 0 atom stereocenters. The fourth-order valence-corrected chi connectivity index (χ4v) is 1.99. The summed E-state index contributed by atoms with van der Waals surface area (Å²) in [6, 6.07) is 4.55. The highest BCUT2D eigenvalue weighted by Crippen LogP contribution is 2.31. The average Bonchev–Trinajstić information content (AvgIpc) is 2.76. The number of nitrogens with one attached hydrogen (secondary N) is 1. The van der Waals surface area contributed by atoms with E-state index in [2.05, 4.69) is 5.32 Å². The zero-order chi connectivity index (χ0) is 11.4. The molecule has 0 aromatic heterocycles. The van der Waals surface area contributed by atoms with Crippen LogP contribution in [0.15, 0.2) is 18.2 Å². The van der Waals surface area contributed by atoms with Crippen LogP contribution < -0.4 is 10.1 Å². The SMILES string of the molecule is O=CNc1c(F)cccc1OC1CCCC1. The van der Waals surface area contributed by atoms with Crippen molar-refractivity contribution in [3.05, 3.63) is 24.0 Å². The van der Waals surface area contributed by atoms with Gasteiger partial charge in [0, 0.05) is 0 Å². The van der Waals surface area contributed by atoms with Gasteiger partial charge in [-0.3, -0.25) is 4.79 Å². The number of anilines is 1. The normalized spacial score (nSPS) is 16.1. The van der Waals surface area contributed by atoms with Crippen LogP contribution in [0, 0.1) is 5.82 Å². The number of hydrogen-bond donors (Lipinski definition) is 1. The second-order valence-electron chi connectivity index (χ2n) is 3.90. The van der Waals surface area contributed by atoms with E-state index in [4.69, 9.17) is 4.74 Å². The van der Waals surface area contributed by atoms with Crippen molar-refractivity contribution >= 4 is 12.1 Å². The lowest BCUT2D eigenvalue weighted by Crippen LogP contribution is -2.13.